The maximum Gasteiger partial charge on any atom is 0.345 e. The Kier molecular flexibility index (Phi) is 7.31. The van der Waals surface area contributed by atoms with Gasteiger partial charge in [0.25, 0.3) is 0 Å². The highest BCUT2D eigenvalue weighted by atomic mass is 16.7. The molecule has 43 heavy (non-hydrogen) atoms. The molecule has 234 valence electrons. The summed E-state index contributed by atoms with van der Waals surface area (Å²) in [6.07, 6.45) is 4.32. The van der Waals surface area contributed by atoms with Crippen LogP contribution in [-0.4, -0.2) is 52.3 Å². The van der Waals surface area contributed by atoms with Crippen LogP contribution in [0.3, 0.4) is 0 Å². The summed E-state index contributed by atoms with van der Waals surface area (Å²) >= 11 is 0. The van der Waals surface area contributed by atoms with Crippen LogP contribution < -0.4 is 16.1 Å². The van der Waals surface area contributed by atoms with Crippen molar-refractivity contribution in [3.8, 4) is 17.1 Å². The zero-order valence-electron chi connectivity index (χ0n) is 25.9. The molecule has 2 aromatic heterocycles. The van der Waals surface area contributed by atoms with E-state index in [0.29, 0.717) is 25.0 Å². The molecule has 4 heterocycles. The maximum atomic E-state index is 13.5. The van der Waals surface area contributed by atoms with E-state index in [1.807, 2.05) is 27.7 Å². The summed E-state index contributed by atoms with van der Waals surface area (Å²) in [5.74, 6) is -1.42. The minimum atomic E-state index is -1.23. The molecule has 0 aromatic carbocycles. The van der Waals surface area contributed by atoms with Crippen molar-refractivity contribution in [2.45, 2.75) is 109 Å². The van der Waals surface area contributed by atoms with Gasteiger partial charge in [-0.25, -0.2) is 4.79 Å². The van der Waals surface area contributed by atoms with Gasteiger partial charge in [-0.1, -0.05) is 27.2 Å². The molecule has 2 aliphatic heterocycles. The molecule has 10 heteroatoms. The summed E-state index contributed by atoms with van der Waals surface area (Å²) in [4.78, 5) is 31.0. The molecule has 4 aliphatic rings. The Bertz CT molecular complexity index is 1440. The standard InChI is InChI=1S/C33H44N2O8/c1-7-9-19(34)28(37)41-24-15-22-31(4,12-11-23-32(22,5)17-39-30(2,3)43-23)27-26(36)25-21(42-33(24,27)6)14-20(40-29(25)38)18-10-8-13-35-16-18/h8,10,13-14,16,19,22-24,26-27,36H,7,9,11-12,15,17,34H2,1-6H3/t19?,22?,23-,24-,26-,27?,31-,32-,33+/m0/s1. The predicted octanol–water partition coefficient (Wildman–Crippen LogP) is 4.52. The minimum absolute atomic E-state index is 0.0781. The Morgan fingerprint density at radius 2 is 2.00 bits per heavy atom. The fourth-order valence-electron chi connectivity index (χ4n) is 8.74. The van der Waals surface area contributed by atoms with Crippen LogP contribution >= 0.6 is 0 Å². The molecule has 0 spiro atoms. The number of nitrogens with zero attached hydrogens (tertiary/aromatic N) is 1. The first-order valence-corrected chi connectivity index (χ1v) is 15.5. The number of aliphatic hydroxyl groups excluding tert-OH is 1. The largest absolute Gasteiger partial charge is 0.482 e. The molecule has 2 aliphatic carbocycles. The topological polar surface area (TPSA) is 143 Å². The van der Waals surface area contributed by atoms with Gasteiger partial charge in [0.1, 0.15) is 34.8 Å². The number of carbonyl (C=O) groups is 1. The fourth-order valence-corrected chi connectivity index (χ4v) is 8.74. The van der Waals surface area contributed by atoms with Crippen LogP contribution in [0.15, 0.2) is 39.8 Å². The lowest BCUT2D eigenvalue weighted by atomic mass is 9.42. The molecule has 0 amide bonds. The van der Waals surface area contributed by atoms with Crippen LogP contribution in [0.5, 0.6) is 5.75 Å². The van der Waals surface area contributed by atoms with Gasteiger partial charge in [-0.05, 0) is 69.9 Å². The number of carbonyl (C=O) groups excluding carboxylic acids is 1. The van der Waals surface area contributed by atoms with Gasteiger partial charge < -0.3 is 34.2 Å². The van der Waals surface area contributed by atoms with E-state index in [1.165, 1.54) is 0 Å². The van der Waals surface area contributed by atoms with E-state index in [-0.39, 0.29) is 29.1 Å². The van der Waals surface area contributed by atoms with Crippen LogP contribution in [0.1, 0.15) is 85.3 Å². The molecular weight excluding hydrogens is 552 g/mol. The number of hydrogen-bond acceptors (Lipinski definition) is 10. The monoisotopic (exact) mass is 596 g/mol. The Morgan fingerprint density at radius 3 is 2.70 bits per heavy atom. The number of aromatic nitrogens is 1. The summed E-state index contributed by atoms with van der Waals surface area (Å²) in [6.45, 7) is 12.5. The molecule has 0 radical (unpaired) electrons. The van der Waals surface area contributed by atoms with Crippen molar-refractivity contribution in [1.82, 2.24) is 4.98 Å². The highest BCUT2D eigenvalue weighted by Crippen LogP contribution is 2.68. The van der Waals surface area contributed by atoms with E-state index in [4.69, 9.17) is 29.1 Å². The lowest BCUT2D eigenvalue weighted by Crippen LogP contribution is -2.72. The third kappa shape index (κ3) is 4.72. The molecule has 1 saturated heterocycles. The van der Waals surface area contributed by atoms with E-state index in [9.17, 15) is 14.7 Å². The third-order valence-electron chi connectivity index (χ3n) is 10.8. The SMILES string of the molecule is CCCC(N)C(=O)O[C@H]1CC2[C@](C)(CC[C@@H]3OC(C)(C)OC[C@@]23C)C2[C@@H](O)c3c(cc(-c4cccnc4)oc3=O)O[C@@]21C. The van der Waals surface area contributed by atoms with Gasteiger partial charge in [0.15, 0.2) is 5.79 Å². The van der Waals surface area contributed by atoms with E-state index < -0.39 is 58.0 Å². The second-order valence-corrected chi connectivity index (χ2v) is 14.1. The second-order valence-electron chi connectivity index (χ2n) is 14.1. The lowest BCUT2D eigenvalue weighted by molar-refractivity contribution is -0.358. The molecular formula is C33H44N2O8. The molecule has 3 unspecified atom stereocenters. The van der Waals surface area contributed by atoms with Gasteiger partial charge in [-0.15, -0.1) is 0 Å². The molecule has 10 nitrogen and oxygen atoms in total. The first-order valence-electron chi connectivity index (χ1n) is 15.5. The van der Waals surface area contributed by atoms with Gasteiger partial charge in [0, 0.05) is 35.4 Å². The lowest BCUT2D eigenvalue weighted by Gasteiger charge is -2.68. The number of nitrogens with two attached hydrogens (primary N) is 1. The maximum absolute atomic E-state index is 13.5. The smallest absolute Gasteiger partial charge is 0.345 e. The molecule has 9 atom stereocenters. The average Bonchev–Trinajstić information content (AvgIpc) is 2.94. The van der Waals surface area contributed by atoms with Crippen molar-refractivity contribution in [2.24, 2.45) is 28.4 Å². The number of rotatable bonds is 5. The number of pyridine rings is 1. The zero-order valence-corrected chi connectivity index (χ0v) is 25.9. The van der Waals surface area contributed by atoms with E-state index in [1.54, 1.807) is 30.6 Å². The Hall–Kier alpha value is -2.79. The van der Waals surface area contributed by atoms with Crippen molar-refractivity contribution in [1.29, 1.82) is 0 Å². The number of hydrogen-bond donors (Lipinski definition) is 2. The van der Waals surface area contributed by atoms with Gasteiger partial charge >= 0.3 is 11.6 Å². The molecule has 0 bridgehead atoms. The van der Waals surface area contributed by atoms with Gasteiger partial charge in [-0.2, -0.15) is 0 Å². The number of esters is 1. The van der Waals surface area contributed by atoms with Gasteiger partial charge in [0.05, 0.1) is 18.8 Å². The normalized spacial score (nSPS) is 38.4. The Balaban J connectivity index is 1.47. The van der Waals surface area contributed by atoms with Crippen molar-refractivity contribution in [2.75, 3.05) is 6.61 Å². The summed E-state index contributed by atoms with van der Waals surface area (Å²) in [5, 5.41) is 12.2. The van der Waals surface area contributed by atoms with Crippen molar-refractivity contribution in [3.05, 3.63) is 46.6 Å². The van der Waals surface area contributed by atoms with Gasteiger partial charge in [-0.3, -0.25) is 9.78 Å². The predicted molar refractivity (Wildman–Crippen MR) is 157 cm³/mol. The summed E-state index contributed by atoms with van der Waals surface area (Å²) in [6, 6.07) is 4.37. The van der Waals surface area contributed by atoms with Crippen LogP contribution in [0.4, 0.5) is 0 Å². The molecule has 2 saturated carbocycles. The Labute approximate surface area is 252 Å². The summed E-state index contributed by atoms with van der Waals surface area (Å²) in [7, 11) is 0. The van der Waals surface area contributed by atoms with Crippen molar-refractivity contribution >= 4 is 5.97 Å². The van der Waals surface area contributed by atoms with Gasteiger partial charge in [0.2, 0.25) is 0 Å². The van der Waals surface area contributed by atoms with E-state index in [2.05, 4.69) is 18.8 Å². The zero-order chi connectivity index (χ0) is 30.9. The summed E-state index contributed by atoms with van der Waals surface area (Å²) in [5.41, 5.74) is 4.11. The van der Waals surface area contributed by atoms with Crippen LogP contribution in [-0.2, 0) is 19.0 Å². The average molecular weight is 597 g/mol. The highest BCUT2D eigenvalue weighted by Gasteiger charge is 2.71. The van der Waals surface area contributed by atoms with Crippen LogP contribution in [0.2, 0.25) is 0 Å². The molecule has 2 aromatic rings. The third-order valence-corrected chi connectivity index (χ3v) is 10.8. The molecule has 3 N–H and O–H groups in total. The number of fused-ring (bicyclic) bond motifs is 6. The van der Waals surface area contributed by atoms with Crippen LogP contribution in [0.25, 0.3) is 11.3 Å². The minimum Gasteiger partial charge on any atom is -0.482 e. The first kappa shape index (κ1) is 30.2. The van der Waals surface area contributed by atoms with Crippen molar-refractivity contribution < 1.29 is 33.3 Å². The van der Waals surface area contributed by atoms with E-state index >= 15 is 0 Å². The molecule has 3 fully saturated rings. The quantitative estimate of drug-likeness (QED) is 0.473. The molecule has 6 rings (SSSR count). The van der Waals surface area contributed by atoms with E-state index in [0.717, 1.165) is 19.3 Å². The highest BCUT2D eigenvalue weighted by molar-refractivity contribution is 5.75. The number of ether oxygens (including phenoxy) is 4. The Morgan fingerprint density at radius 1 is 1.23 bits per heavy atom. The number of aliphatic hydroxyl groups is 1. The first-order chi connectivity index (χ1) is 20.2. The second kappa shape index (κ2) is 10.4. The van der Waals surface area contributed by atoms with Crippen LogP contribution in [0, 0.1) is 22.7 Å². The van der Waals surface area contributed by atoms with Crippen molar-refractivity contribution in [3.63, 3.8) is 0 Å². The fraction of sp³-hybridized carbons (Fsp3) is 0.667. The summed E-state index contributed by atoms with van der Waals surface area (Å²) < 4.78 is 31.4.